The van der Waals surface area contributed by atoms with Crippen molar-refractivity contribution in [1.29, 1.82) is 0 Å². The maximum absolute atomic E-state index is 13.4. The lowest BCUT2D eigenvalue weighted by atomic mass is 10.1. The number of nitrogens with zero attached hydrogens (tertiary/aromatic N) is 2. The van der Waals surface area contributed by atoms with E-state index >= 15 is 0 Å². The molecule has 1 aliphatic carbocycles. The summed E-state index contributed by atoms with van der Waals surface area (Å²) in [5, 5.41) is 15.0. The van der Waals surface area contributed by atoms with Crippen LogP contribution in [-0.4, -0.2) is 23.9 Å². The number of hydrogen-bond donors (Lipinski definition) is 1. The van der Waals surface area contributed by atoms with E-state index in [1.165, 1.54) is 18.2 Å². The van der Waals surface area contributed by atoms with Crippen molar-refractivity contribution in [3.8, 4) is 5.75 Å². The predicted octanol–water partition coefficient (Wildman–Crippen LogP) is 6.38. The predicted molar refractivity (Wildman–Crippen MR) is 117 cm³/mol. The van der Waals surface area contributed by atoms with Crippen molar-refractivity contribution in [2.24, 2.45) is 11.0 Å². The van der Waals surface area contributed by atoms with E-state index in [9.17, 15) is 18.0 Å². The molecule has 0 aromatic heterocycles. The fourth-order valence-corrected chi connectivity index (χ4v) is 3.72. The number of rotatable bonds is 9. The number of carboxylic acids is 1. The molecule has 32 heavy (non-hydrogen) atoms. The Morgan fingerprint density at radius 2 is 1.88 bits per heavy atom. The van der Waals surface area contributed by atoms with E-state index in [4.69, 9.17) is 9.84 Å². The van der Waals surface area contributed by atoms with Crippen molar-refractivity contribution in [2.75, 3.05) is 11.6 Å². The first-order valence-electron chi connectivity index (χ1n) is 10.7. The number of carboxylic acid groups (broad SMARTS) is 1. The highest BCUT2D eigenvalue weighted by Gasteiger charge is 2.31. The summed E-state index contributed by atoms with van der Waals surface area (Å²) in [4.78, 5) is 11.1. The second-order valence-electron chi connectivity index (χ2n) is 7.90. The molecule has 0 spiro atoms. The van der Waals surface area contributed by atoms with Crippen LogP contribution in [0, 0.1) is 5.92 Å². The number of aromatic carboxylic acids is 1. The van der Waals surface area contributed by atoms with Crippen molar-refractivity contribution in [3.63, 3.8) is 0 Å². The number of hydrogen-bond acceptors (Lipinski definition) is 4. The summed E-state index contributed by atoms with van der Waals surface area (Å²) >= 11 is 0. The Kier molecular flexibility index (Phi) is 7.77. The van der Waals surface area contributed by atoms with Crippen LogP contribution in [0.5, 0.6) is 5.75 Å². The molecule has 0 amide bonds. The Morgan fingerprint density at radius 3 is 2.47 bits per heavy atom. The van der Waals surface area contributed by atoms with Crippen LogP contribution in [0.1, 0.15) is 60.5 Å². The van der Waals surface area contributed by atoms with Gasteiger partial charge in [0, 0.05) is 11.8 Å². The van der Waals surface area contributed by atoms with Crippen molar-refractivity contribution in [2.45, 2.75) is 51.7 Å². The van der Waals surface area contributed by atoms with Gasteiger partial charge in [0.1, 0.15) is 5.75 Å². The average Bonchev–Trinajstić information content (AvgIpc) is 3.28. The minimum absolute atomic E-state index is 0.0485. The van der Waals surface area contributed by atoms with Crippen LogP contribution in [0.3, 0.4) is 0 Å². The molecule has 1 saturated carbocycles. The maximum atomic E-state index is 13.4. The largest absolute Gasteiger partial charge is 0.493 e. The van der Waals surface area contributed by atoms with Gasteiger partial charge in [-0.1, -0.05) is 19.8 Å². The Hall–Kier alpha value is -3.03. The number of carbonyl (C=O) groups is 1. The van der Waals surface area contributed by atoms with Gasteiger partial charge in [-0.2, -0.15) is 18.3 Å². The number of halogens is 3. The van der Waals surface area contributed by atoms with Crippen LogP contribution < -0.4 is 9.75 Å². The van der Waals surface area contributed by atoms with E-state index in [1.807, 2.05) is 6.92 Å². The number of hydrazone groups is 1. The molecular formula is C24H27F3N2O3. The van der Waals surface area contributed by atoms with Gasteiger partial charge in [0.25, 0.3) is 0 Å². The van der Waals surface area contributed by atoms with Crippen LogP contribution in [0.25, 0.3) is 0 Å². The quantitative estimate of drug-likeness (QED) is 0.357. The summed E-state index contributed by atoms with van der Waals surface area (Å²) in [6.45, 7) is 2.42. The van der Waals surface area contributed by atoms with Gasteiger partial charge in [-0.25, -0.2) is 4.79 Å². The minimum Gasteiger partial charge on any atom is -0.493 e. The first-order valence-corrected chi connectivity index (χ1v) is 10.7. The highest BCUT2D eigenvalue weighted by atomic mass is 19.4. The first kappa shape index (κ1) is 23.6. The van der Waals surface area contributed by atoms with Crippen LogP contribution in [-0.2, 0) is 12.7 Å². The van der Waals surface area contributed by atoms with E-state index in [1.54, 1.807) is 23.4 Å². The molecule has 0 aliphatic heterocycles. The first-order chi connectivity index (χ1) is 15.3. The molecule has 0 heterocycles. The maximum Gasteiger partial charge on any atom is 0.416 e. The van der Waals surface area contributed by atoms with Gasteiger partial charge in [-0.15, -0.1) is 0 Å². The monoisotopic (exact) mass is 448 g/mol. The molecule has 5 nitrogen and oxygen atoms in total. The molecule has 0 bridgehead atoms. The molecule has 2 aromatic carbocycles. The van der Waals surface area contributed by atoms with Crippen LogP contribution >= 0.6 is 0 Å². The lowest BCUT2D eigenvalue weighted by Crippen LogP contribution is -2.18. The molecule has 1 aliphatic rings. The zero-order chi connectivity index (χ0) is 23.1. The van der Waals surface area contributed by atoms with E-state index in [2.05, 4.69) is 5.10 Å². The number of benzene rings is 2. The molecule has 3 rings (SSSR count). The molecule has 8 heteroatoms. The summed E-state index contributed by atoms with van der Waals surface area (Å²) < 4.78 is 46.1. The molecule has 0 radical (unpaired) electrons. The van der Waals surface area contributed by atoms with Crippen LogP contribution in [0.2, 0.25) is 0 Å². The third-order valence-electron chi connectivity index (χ3n) is 5.47. The standard InChI is InChI=1S/C24H27F3N2O3/c1-2-13-28-29(21-10-7-18(8-11-21)23(30)31)15-19-14-20(24(25,26)27)9-12-22(19)32-16-17-5-3-4-6-17/h7-14,17H,2-6,15-16H2,1H3,(H,30,31)/b28-13-. The summed E-state index contributed by atoms with van der Waals surface area (Å²) in [5.74, 6) is -0.229. The van der Waals surface area contributed by atoms with E-state index in [0.717, 1.165) is 37.8 Å². The summed E-state index contributed by atoms with van der Waals surface area (Å²) in [5.41, 5.74) is 0.307. The second-order valence-corrected chi connectivity index (χ2v) is 7.90. The van der Waals surface area contributed by atoms with Gasteiger partial charge in [0.2, 0.25) is 0 Å². The molecule has 1 N–H and O–H groups in total. The molecule has 0 unspecified atom stereocenters. The average molecular weight is 448 g/mol. The SMILES string of the molecule is CC/C=N\N(Cc1cc(C(F)(F)F)ccc1OCC1CCCC1)c1ccc(C(=O)O)cc1. The normalized spacial score (nSPS) is 14.8. The second kappa shape index (κ2) is 10.5. The van der Waals surface area contributed by atoms with Crippen molar-refractivity contribution < 1.29 is 27.8 Å². The van der Waals surface area contributed by atoms with E-state index in [-0.39, 0.29) is 12.1 Å². The highest BCUT2D eigenvalue weighted by Crippen LogP contribution is 2.34. The van der Waals surface area contributed by atoms with Gasteiger partial charge >= 0.3 is 12.1 Å². The van der Waals surface area contributed by atoms with Crippen molar-refractivity contribution in [3.05, 3.63) is 59.2 Å². The Balaban J connectivity index is 1.90. The van der Waals surface area contributed by atoms with E-state index in [0.29, 0.717) is 35.9 Å². The van der Waals surface area contributed by atoms with Crippen molar-refractivity contribution >= 4 is 17.9 Å². The minimum atomic E-state index is -4.47. The fourth-order valence-electron chi connectivity index (χ4n) is 3.72. The molecule has 0 saturated heterocycles. The van der Waals surface area contributed by atoms with Crippen molar-refractivity contribution in [1.82, 2.24) is 0 Å². The van der Waals surface area contributed by atoms with Gasteiger partial charge in [0.15, 0.2) is 0 Å². The highest BCUT2D eigenvalue weighted by molar-refractivity contribution is 5.88. The zero-order valence-corrected chi connectivity index (χ0v) is 17.9. The Bertz CT molecular complexity index is 936. The van der Waals surface area contributed by atoms with Crippen LogP contribution in [0.4, 0.5) is 18.9 Å². The number of anilines is 1. The van der Waals surface area contributed by atoms with Gasteiger partial charge < -0.3 is 9.84 Å². The molecule has 0 atom stereocenters. The topological polar surface area (TPSA) is 62.1 Å². The van der Waals surface area contributed by atoms with Gasteiger partial charge in [-0.3, -0.25) is 5.01 Å². The molecule has 172 valence electrons. The lowest BCUT2D eigenvalue weighted by molar-refractivity contribution is -0.137. The number of ether oxygens (including phenoxy) is 1. The van der Waals surface area contributed by atoms with Gasteiger partial charge in [0.05, 0.1) is 30.0 Å². The smallest absolute Gasteiger partial charge is 0.416 e. The third-order valence-corrected chi connectivity index (χ3v) is 5.47. The molecule has 2 aromatic rings. The number of alkyl halides is 3. The summed E-state index contributed by atoms with van der Waals surface area (Å²) in [6, 6.07) is 9.57. The lowest BCUT2D eigenvalue weighted by Gasteiger charge is -2.23. The van der Waals surface area contributed by atoms with E-state index < -0.39 is 17.7 Å². The zero-order valence-electron chi connectivity index (χ0n) is 17.9. The Morgan fingerprint density at radius 1 is 1.19 bits per heavy atom. The molecule has 1 fully saturated rings. The fraction of sp³-hybridized carbons (Fsp3) is 0.417. The molecular weight excluding hydrogens is 421 g/mol. The summed E-state index contributed by atoms with van der Waals surface area (Å²) in [7, 11) is 0. The van der Waals surface area contributed by atoms with Crippen LogP contribution in [0.15, 0.2) is 47.6 Å². The van der Waals surface area contributed by atoms with Gasteiger partial charge in [-0.05, 0) is 67.6 Å². The third kappa shape index (κ3) is 6.24. The Labute approximate surface area is 185 Å². The summed E-state index contributed by atoms with van der Waals surface area (Å²) in [6.07, 6.45) is 2.26.